The predicted molar refractivity (Wildman–Crippen MR) is 77.1 cm³/mol. The summed E-state index contributed by atoms with van der Waals surface area (Å²) in [6.07, 6.45) is 8.24. The van der Waals surface area contributed by atoms with Crippen LogP contribution in [0.2, 0.25) is 0 Å². The second-order valence-electron chi connectivity index (χ2n) is 6.27. The number of piperidine rings is 1. The van der Waals surface area contributed by atoms with Gasteiger partial charge in [0.15, 0.2) is 0 Å². The number of aromatic nitrogens is 2. The zero-order valence-electron chi connectivity index (χ0n) is 12.3. The molecule has 0 amide bonds. The molecule has 1 aromatic rings. The third-order valence-corrected chi connectivity index (χ3v) is 4.59. The van der Waals surface area contributed by atoms with Gasteiger partial charge in [-0.25, -0.2) is 4.98 Å². The highest BCUT2D eigenvalue weighted by Gasteiger charge is 2.29. The SMILES string of the molecule is CC(C)n1ccnc1CN1CCN2CCCC[C@@H]2C1. The lowest BCUT2D eigenvalue weighted by Crippen LogP contribution is -2.54. The van der Waals surface area contributed by atoms with Crippen LogP contribution >= 0.6 is 0 Å². The lowest BCUT2D eigenvalue weighted by Gasteiger charge is -2.44. The molecular weight excluding hydrogens is 236 g/mol. The van der Waals surface area contributed by atoms with E-state index in [1.54, 1.807) is 0 Å². The van der Waals surface area contributed by atoms with E-state index in [0.717, 1.165) is 12.6 Å². The van der Waals surface area contributed by atoms with Crippen LogP contribution in [-0.2, 0) is 6.54 Å². The maximum atomic E-state index is 4.54. The Morgan fingerprint density at radius 1 is 1.26 bits per heavy atom. The van der Waals surface area contributed by atoms with Crippen molar-refractivity contribution in [2.75, 3.05) is 26.2 Å². The topological polar surface area (TPSA) is 24.3 Å². The monoisotopic (exact) mass is 262 g/mol. The minimum atomic E-state index is 0.508. The van der Waals surface area contributed by atoms with Crippen LogP contribution in [0.15, 0.2) is 12.4 Å². The number of nitrogens with zero attached hydrogens (tertiary/aromatic N) is 4. The molecule has 4 nitrogen and oxygen atoms in total. The minimum absolute atomic E-state index is 0.508. The Hall–Kier alpha value is -0.870. The van der Waals surface area contributed by atoms with E-state index in [4.69, 9.17) is 0 Å². The highest BCUT2D eigenvalue weighted by atomic mass is 15.3. The molecule has 2 fully saturated rings. The first kappa shape index (κ1) is 13.1. The van der Waals surface area contributed by atoms with Crippen molar-refractivity contribution in [2.45, 2.75) is 51.7 Å². The van der Waals surface area contributed by atoms with Crippen LogP contribution in [-0.4, -0.2) is 51.6 Å². The Morgan fingerprint density at radius 2 is 2.16 bits per heavy atom. The van der Waals surface area contributed by atoms with E-state index in [1.165, 1.54) is 51.3 Å². The molecular formula is C15H26N4. The van der Waals surface area contributed by atoms with Gasteiger partial charge in [0.05, 0.1) is 6.54 Å². The predicted octanol–water partition coefficient (Wildman–Crippen LogP) is 2.13. The Kier molecular flexibility index (Phi) is 3.89. The molecule has 0 saturated carbocycles. The lowest BCUT2D eigenvalue weighted by molar-refractivity contribution is 0.0438. The third kappa shape index (κ3) is 2.84. The van der Waals surface area contributed by atoms with Crippen molar-refractivity contribution in [1.82, 2.24) is 19.4 Å². The molecule has 3 rings (SSSR count). The van der Waals surface area contributed by atoms with Crippen molar-refractivity contribution in [1.29, 1.82) is 0 Å². The Balaban J connectivity index is 1.62. The summed E-state index contributed by atoms with van der Waals surface area (Å²) in [6.45, 7) is 10.4. The van der Waals surface area contributed by atoms with Crippen molar-refractivity contribution in [2.24, 2.45) is 0 Å². The average Bonchev–Trinajstić information content (AvgIpc) is 2.87. The molecule has 1 aromatic heterocycles. The molecule has 2 saturated heterocycles. The summed E-state index contributed by atoms with van der Waals surface area (Å²) >= 11 is 0. The summed E-state index contributed by atoms with van der Waals surface area (Å²) in [5, 5.41) is 0. The van der Waals surface area contributed by atoms with Gasteiger partial charge in [-0.1, -0.05) is 6.42 Å². The number of imidazole rings is 1. The van der Waals surface area contributed by atoms with Crippen molar-refractivity contribution in [3.63, 3.8) is 0 Å². The summed E-state index contributed by atoms with van der Waals surface area (Å²) < 4.78 is 2.30. The number of rotatable bonds is 3. The van der Waals surface area contributed by atoms with E-state index in [0.29, 0.717) is 6.04 Å². The molecule has 3 heterocycles. The molecule has 19 heavy (non-hydrogen) atoms. The lowest BCUT2D eigenvalue weighted by atomic mass is 9.99. The van der Waals surface area contributed by atoms with E-state index in [1.807, 2.05) is 6.20 Å². The van der Waals surface area contributed by atoms with E-state index in [9.17, 15) is 0 Å². The summed E-state index contributed by atoms with van der Waals surface area (Å²) in [5.41, 5.74) is 0. The maximum Gasteiger partial charge on any atom is 0.123 e. The van der Waals surface area contributed by atoms with Crippen LogP contribution in [0.5, 0.6) is 0 Å². The Labute approximate surface area is 116 Å². The van der Waals surface area contributed by atoms with Crippen LogP contribution in [0, 0.1) is 0 Å². The molecule has 4 heteroatoms. The standard InChI is InChI=1S/C15H26N4/c1-13(2)19-8-6-16-15(19)12-17-9-10-18-7-4-3-5-14(18)11-17/h6,8,13-14H,3-5,7,9-12H2,1-2H3/t14-/m1/s1. The normalized spacial score (nSPS) is 25.7. The molecule has 0 radical (unpaired) electrons. The smallest absolute Gasteiger partial charge is 0.123 e. The number of hydrogen-bond donors (Lipinski definition) is 0. The molecule has 0 aromatic carbocycles. The van der Waals surface area contributed by atoms with Gasteiger partial charge in [-0.15, -0.1) is 0 Å². The first-order valence-corrected chi connectivity index (χ1v) is 7.72. The van der Waals surface area contributed by atoms with Crippen LogP contribution in [0.3, 0.4) is 0 Å². The molecule has 2 aliphatic rings. The molecule has 0 bridgehead atoms. The van der Waals surface area contributed by atoms with Crippen LogP contribution in [0.4, 0.5) is 0 Å². The van der Waals surface area contributed by atoms with Gasteiger partial charge < -0.3 is 4.57 Å². The molecule has 1 atom stereocenters. The van der Waals surface area contributed by atoms with Gasteiger partial charge in [0, 0.05) is 44.1 Å². The number of piperazine rings is 1. The Morgan fingerprint density at radius 3 is 3.00 bits per heavy atom. The maximum absolute atomic E-state index is 4.54. The fraction of sp³-hybridized carbons (Fsp3) is 0.800. The summed E-state index contributed by atoms with van der Waals surface area (Å²) in [4.78, 5) is 9.82. The first-order valence-electron chi connectivity index (χ1n) is 7.72. The highest BCUT2D eigenvalue weighted by Crippen LogP contribution is 2.22. The van der Waals surface area contributed by atoms with E-state index in [2.05, 4.69) is 39.4 Å². The van der Waals surface area contributed by atoms with Gasteiger partial charge in [0.2, 0.25) is 0 Å². The molecule has 0 aliphatic carbocycles. The summed E-state index contributed by atoms with van der Waals surface area (Å²) in [5.74, 6) is 1.22. The average molecular weight is 262 g/mol. The molecule has 106 valence electrons. The van der Waals surface area contributed by atoms with Crippen molar-refractivity contribution >= 4 is 0 Å². The van der Waals surface area contributed by atoms with Crippen LogP contribution in [0.25, 0.3) is 0 Å². The minimum Gasteiger partial charge on any atom is -0.331 e. The molecule has 0 spiro atoms. The van der Waals surface area contributed by atoms with E-state index < -0.39 is 0 Å². The fourth-order valence-corrected chi connectivity index (χ4v) is 3.50. The largest absolute Gasteiger partial charge is 0.331 e. The summed E-state index contributed by atoms with van der Waals surface area (Å²) in [6, 6.07) is 1.30. The van der Waals surface area contributed by atoms with Crippen molar-refractivity contribution in [3.8, 4) is 0 Å². The van der Waals surface area contributed by atoms with E-state index in [-0.39, 0.29) is 0 Å². The third-order valence-electron chi connectivity index (χ3n) is 4.59. The number of hydrogen-bond acceptors (Lipinski definition) is 3. The van der Waals surface area contributed by atoms with E-state index >= 15 is 0 Å². The van der Waals surface area contributed by atoms with Gasteiger partial charge in [-0.2, -0.15) is 0 Å². The zero-order chi connectivity index (χ0) is 13.2. The fourth-order valence-electron chi connectivity index (χ4n) is 3.50. The Bertz CT molecular complexity index is 412. The molecule has 0 N–H and O–H groups in total. The van der Waals surface area contributed by atoms with Gasteiger partial charge in [0.1, 0.15) is 5.82 Å². The second-order valence-corrected chi connectivity index (χ2v) is 6.27. The van der Waals surface area contributed by atoms with Gasteiger partial charge in [-0.3, -0.25) is 9.80 Å². The van der Waals surface area contributed by atoms with Crippen LogP contribution in [0.1, 0.15) is 45.0 Å². The summed E-state index contributed by atoms with van der Waals surface area (Å²) in [7, 11) is 0. The quantitative estimate of drug-likeness (QED) is 0.834. The van der Waals surface area contributed by atoms with Gasteiger partial charge in [-0.05, 0) is 33.2 Å². The van der Waals surface area contributed by atoms with Crippen molar-refractivity contribution in [3.05, 3.63) is 18.2 Å². The number of fused-ring (bicyclic) bond motifs is 1. The van der Waals surface area contributed by atoms with Crippen molar-refractivity contribution < 1.29 is 0 Å². The highest BCUT2D eigenvalue weighted by molar-refractivity contribution is 4.96. The van der Waals surface area contributed by atoms with Gasteiger partial charge in [0.25, 0.3) is 0 Å². The molecule has 2 aliphatic heterocycles. The molecule has 0 unspecified atom stereocenters. The first-order chi connectivity index (χ1) is 9.24. The van der Waals surface area contributed by atoms with Gasteiger partial charge >= 0.3 is 0 Å². The van der Waals surface area contributed by atoms with Crippen LogP contribution < -0.4 is 0 Å². The zero-order valence-corrected chi connectivity index (χ0v) is 12.3. The second kappa shape index (κ2) is 5.63.